The maximum atomic E-state index is 12.8. The highest BCUT2D eigenvalue weighted by Crippen LogP contribution is 2.22. The molecule has 1 aliphatic rings. The molecule has 1 N–H and O–H groups in total. The Kier molecular flexibility index (Phi) is 6.88. The van der Waals surface area contributed by atoms with Crippen LogP contribution in [-0.4, -0.2) is 57.1 Å². The van der Waals surface area contributed by atoms with Crippen LogP contribution in [0, 0.1) is 5.92 Å². The molecule has 0 aromatic heterocycles. The van der Waals surface area contributed by atoms with Gasteiger partial charge >= 0.3 is 0 Å². The standard InChI is InChI=1S/C26H29N3O4S/c1-19(2)26(31)29-15-13-28(14-16-29)23-10-8-22(9-11-23)27-25(30)18-34(32,33)24-12-7-20-5-3-4-6-21(20)17-24/h3-12,17,19H,13-16,18H2,1-2H3,(H,27,30). The Morgan fingerprint density at radius 3 is 2.18 bits per heavy atom. The van der Waals surface area contributed by atoms with Crippen molar-refractivity contribution in [3.8, 4) is 0 Å². The molecule has 0 atom stereocenters. The summed E-state index contributed by atoms with van der Waals surface area (Å²) in [5, 5.41) is 4.44. The third-order valence-corrected chi connectivity index (χ3v) is 7.62. The normalized spacial score (nSPS) is 14.4. The van der Waals surface area contributed by atoms with Gasteiger partial charge in [-0.15, -0.1) is 0 Å². The number of anilines is 2. The number of piperazine rings is 1. The maximum Gasteiger partial charge on any atom is 0.239 e. The number of amides is 2. The average molecular weight is 480 g/mol. The molecular weight excluding hydrogens is 450 g/mol. The molecule has 7 nitrogen and oxygen atoms in total. The topological polar surface area (TPSA) is 86.8 Å². The minimum Gasteiger partial charge on any atom is -0.368 e. The van der Waals surface area contributed by atoms with Gasteiger partial charge in [-0.1, -0.05) is 44.2 Å². The Balaban J connectivity index is 1.35. The van der Waals surface area contributed by atoms with Gasteiger partial charge in [0.25, 0.3) is 0 Å². The average Bonchev–Trinajstić information content (AvgIpc) is 2.83. The summed E-state index contributed by atoms with van der Waals surface area (Å²) in [6, 6.07) is 19.7. The molecule has 0 saturated carbocycles. The van der Waals surface area contributed by atoms with Crippen LogP contribution in [0.3, 0.4) is 0 Å². The van der Waals surface area contributed by atoms with E-state index in [1.165, 1.54) is 6.07 Å². The Bertz CT molecular complexity index is 1300. The van der Waals surface area contributed by atoms with E-state index in [4.69, 9.17) is 0 Å². The van der Waals surface area contributed by atoms with E-state index < -0.39 is 21.5 Å². The van der Waals surface area contributed by atoms with Crippen LogP contribution in [-0.2, 0) is 19.4 Å². The lowest BCUT2D eigenvalue weighted by Gasteiger charge is -2.37. The first-order chi connectivity index (χ1) is 16.2. The lowest BCUT2D eigenvalue weighted by molar-refractivity contribution is -0.134. The number of hydrogen-bond donors (Lipinski definition) is 1. The van der Waals surface area contributed by atoms with Crippen molar-refractivity contribution in [2.24, 2.45) is 5.92 Å². The minimum atomic E-state index is -3.77. The van der Waals surface area contributed by atoms with Crippen LogP contribution in [0.2, 0.25) is 0 Å². The molecule has 1 heterocycles. The number of benzene rings is 3. The third-order valence-electron chi connectivity index (χ3n) is 6.00. The molecule has 0 unspecified atom stereocenters. The van der Waals surface area contributed by atoms with Crippen molar-refractivity contribution in [1.29, 1.82) is 0 Å². The molecule has 2 amide bonds. The lowest BCUT2D eigenvalue weighted by atomic mass is 10.1. The van der Waals surface area contributed by atoms with Crippen molar-refractivity contribution in [3.63, 3.8) is 0 Å². The van der Waals surface area contributed by atoms with Gasteiger partial charge in [-0.2, -0.15) is 0 Å². The summed E-state index contributed by atoms with van der Waals surface area (Å²) >= 11 is 0. The Hall–Kier alpha value is -3.39. The SMILES string of the molecule is CC(C)C(=O)N1CCN(c2ccc(NC(=O)CS(=O)(=O)c3ccc4ccccc4c3)cc2)CC1. The van der Waals surface area contributed by atoms with Crippen LogP contribution in [0.5, 0.6) is 0 Å². The van der Waals surface area contributed by atoms with Crippen molar-refractivity contribution < 1.29 is 18.0 Å². The molecule has 1 fully saturated rings. The highest BCUT2D eigenvalue weighted by Gasteiger charge is 2.23. The number of nitrogens with zero attached hydrogens (tertiary/aromatic N) is 2. The molecule has 0 spiro atoms. The lowest BCUT2D eigenvalue weighted by Crippen LogP contribution is -2.49. The molecule has 1 saturated heterocycles. The van der Waals surface area contributed by atoms with Crippen LogP contribution in [0.15, 0.2) is 71.6 Å². The van der Waals surface area contributed by atoms with E-state index in [1.54, 1.807) is 24.3 Å². The number of carbonyl (C=O) groups is 2. The number of carbonyl (C=O) groups excluding carboxylic acids is 2. The largest absolute Gasteiger partial charge is 0.368 e. The molecule has 4 rings (SSSR count). The number of rotatable bonds is 6. The predicted molar refractivity (Wildman–Crippen MR) is 135 cm³/mol. The molecular formula is C26H29N3O4S. The Morgan fingerprint density at radius 2 is 1.53 bits per heavy atom. The smallest absolute Gasteiger partial charge is 0.239 e. The number of fused-ring (bicyclic) bond motifs is 1. The van der Waals surface area contributed by atoms with Crippen molar-refractivity contribution in [2.75, 3.05) is 42.1 Å². The highest BCUT2D eigenvalue weighted by atomic mass is 32.2. The summed E-state index contributed by atoms with van der Waals surface area (Å²) in [6.45, 7) is 6.68. The van der Waals surface area contributed by atoms with Crippen molar-refractivity contribution in [3.05, 3.63) is 66.7 Å². The van der Waals surface area contributed by atoms with E-state index in [1.807, 2.05) is 55.1 Å². The number of nitrogens with one attached hydrogen (secondary N) is 1. The van der Waals surface area contributed by atoms with Gasteiger partial charge in [0, 0.05) is 43.5 Å². The van der Waals surface area contributed by atoms with E-state index in [-0.39, 0.29) is 16.7 Å². The van der Waals surface area contributed by atoms with Crippen LogP contribution < -0.4 is 10.2 Å². The van der Waals surface area contributed by atoms with E-state index in [0.29, 0.717) is 18.8 Å². The van der Waals surface area contributed by atoms with Gasteiger partial charge < -0.3 is 15.1 Å². The summed E-state index contributed by atoms with van der Waals surface area (Å²) < 4.78 is 25.5. The first-order valence-corrected chi connectivity index (χ1v) is 13.0. The minimum absolute atomic E-state index is 0.000467. The predicted octanol–water partition coefficient (Wildman–Crippen LogP) is 3.56. The fourth-order valence-electron chi connectivity index (χ4n) is 4.12. The fourth-order valence-corrected chi connectivity index (χ4v) is 5.29. The van der Waals surface area contributed by atoms with Crippen LogP contribution >= 0.6 is 0 Å². The molecule has 3 aromatic carbocycles. The summed E-state index contributed by atoms with van der Waals surface area (Å²) in [5.41, 5.74) is 1.54. The van der Waals surface area contributed by atoms with E-state index in [9.17, 15) is 18.0 Å². The zero-order valence-corrected chi connectivity index (χ0v) is 20.2. The highest BCUT2D eigenvalue weighted by molar-refractivity contribution is 7.92. The molecule has 34 heavy (non-hydrogen) atoms. The van der Waals surface area contributed by atoms with E-state index in [0.717, 1.165) is 29.5 Å². The summed E-state index contributed by atoms with van der Waals surface area (Å²) in [7, 11) is -3.77. The van der Waals surface area contributed by atoms with Crippen molar-refractivity contribution >= 4 is 43.8 Å². The number of sulfone groups is 1. The molecule has 0 aliphatic carbocycles. The van der Waals surface area contributed by atoms with E-state index >= 15 is 0 Å². The summed E-state index contributed by atoms with van der Waals surface area (Å²) in [5.74, 6) is -1.03. The zero-order chi connectivity index (χ0) is 24.3. The van der Waals surface area contributed by atoms with Gasteiger partial charge in [0.15, 0.2) is 9.84 Å². The van der Waals surface area contributed by atoms with Crippen LogP contribution in [0.4, 0.5) is 11.4 Å². The van der Waals surface area contributed by atoms with Gasteiger partial charge in [-0.3, -0.25) is 9.59 Å². The molecule has 1 aliphatic heterocycles. The van der Waals surface area contributed by atoms with Gasteiger partial charge in [0.1, 0.15) is 5.75 Å². The van der Waals surface area contributed by atoms with Crippen LogP contribution in [0.1, 0.15) is 13.8 Å². The molecule has 0 bridgehead atoms. The monoisotopic (exact) mass is 479 g/mol. The molecule has 8 heteroatoms. The Labute approximate surface area is 200 Å². The first-order valence-electron chi connectivity index (χ1n) is 11.4. The van der Waals surface area contributed by atoms with Crippen molar-refractivity contribution in [2.45, 2.75) is 18.7 Å². The van der Waals surface area contributed by atoms with Crippen LogP contribution in [0.25, 0.3) is 10.8 Å². The zero-order valence-electron chi connectivity index (χ0n) is 19.4. The summed E-state index contributed by atoms with van der Waals surface area (Å²) in [4.78, 5) is 28.8. The Morgan fingerprint density at radius 1 is 0.882 bits per heavy atom. The quantitative estimate of drug-likeness (QED) is 0.584. The first kappa shape index (κ1) is 23.8. The number of hydrogen-bond acceptors (Lipinski definition) is 5. The maximum absolute atomic E-state index is 12.8. The molecule has 178 valence electrons. The van der Waals surface area contributed by atoms with Gasteiger partial charge in [-0.25, -0.2) is 8.42 Å². The second kappa shape index (κ2) is 9.85. The van der Waals surface area contributed by atoms with Gasteiger partial charge in [-0.05, 0) is 47.2 Å². The van der Waals surface area contributed by atoms with Gasteiger partial charge in [0.05, 0.1) is 4.90 Å². The molecule has 0 radical (unpaired) electrons. The third kappa shape index (κ3) is 5.39. The van der Waals surface area contributed by atoms with E-state index in [2.05, 4.69) is 10.2 Å². The fraction of sp³-hybridized carbons (Fsp3) is 0.308. The van der Waals surface area contributed by atoms with Crippen molar-refractivity contribution in [1.82, 2.24) is 4.90 Å². The van der Waals surface area contributed by atoms with Gasteiger partial charge in [0.2, 0.25) is 11.8 Å². The summed E-state index contributed by atoms with van der Waals surface area (Å²) in [6.07, 6.45) is 0. The second-order valence-corrected chi connectivity index (χ2v) is 10.8. The molecule has 3 aromatic rings. The second-order valence-electron chi connectivity index (χ2n) is 8.83.